The van der Waals surface area contributed by atoms with Crippen LogP contribution in [-0.2, 0) is 12.8 Å². The first-order valence-electron chi connectivity index (χ1n) is 6.47. The summed E-state index contributed by atoms with van der Waals surface area (Å²) in [7, 11) is 0. The highest BCUT2D eigenvalue weighted by atomic mass is 32.1. The molecule has 0 aliphatic rings. The number of aromatic nitrogens is 2. The van der Waals surface area contributed by atoms with Gasteiger partial charge in [0.25, 0.3) is 0 Å². The number of pyridine rings is 1. The number of rotatable bonds is 6. The number of anilines is 1. The maximum atomic E-state index is 11.1. The van der Waals surface area contributed by atoms with E-state index in [2.05, 4.69) is 15.3 Å². The van der Waals surface area contributed by atoms with Crippen LogP contribution in [0.5, 0.6) is 0 Å². The molecule has 20 heavy (non-hydrogen) atoms. The number of aryl methyl sites for hydroxylation is 2. The van der Waals surface area contributed by atoms with Crippen molar-refractivity contribution in [2.75, 3.05) is 11.9 Å². The average molecular weight is 291 g/mol. The van der Waals surface area contributed by atoms with Gasteiger partial charge in [0, 0.05) is 24.0 Å². The van der Waals surface area contributed by atoms with E-state index in [0.717, 1.165) is 22.8 Å². The molecule has 6 heteroatoms. The number of nitrogens with one attached hydrogen (secondary N) is 1. The maximum absolute atomic E-state index is 11.1. The van der Waals surface area contributed by atoms with Crippen LogP contribution in [0.2, 0.25) is 0 Å². The van der Waals surface area contributed by atoms with Gasteiger partial charge in [-0.25, -0.2) is 14.8 Å². The fourth-order valence-corrected chi connectivity index (χ4v) is 2.47. The molecule has 0 atom stereocenters. The highest BCUT2D eigenvalue weighted by molar-refractivity contribution is 7.09. The van der Waals surface area contributed by atoms with Crippen molar-refractivity contribution < 1.29 is 9.90 Å². The van der Waals surface area contributed by atoms with Gasteiger partial charge in [0.15, 0.2) is 0 Å². The molecule has 0 unspecified atom stereocenters. The average Bonchev–Trinajstić information content (AvgIpc) is 2.84. The Morgan fingerprint density at radius 1 is 1.35 bits per heavy atom. The topological polar surface area (TPSA) is 75.1 Å². The Bertz CT molecular complexity index is 610. The zero-order valence-corrected chi connectivity index (χ0v) is 12.3. The summed E-state index contributed by atoms with van der Waals surface area (Å²) in [5.74, 6) is -0.325. The van der Waals surface area contributed by atoms with Crippen molar-refractivity contribution in [1.82, 2.24) is 9.97 Å². The van der Waals surface area contributed by atoms with Gasteiger partial charge >= 0.3 is 5.97 Å². The second-order valence-electron chi connectivity index (χ2n) is 4.43. The molecule has 2 aromatic rings. The maximum Gasteiger partial charge on any atom is 0.335 e. The summed E-state index contributed by atoms with van der Waals surface area (Å²) >= 11 is 1.63. The summed E-state index contributed by atoms with van der Waals surface area (Å²) in [5, 5.41) is 15.3. The van der Waals surface area contributed by atoms with Crippen molar-refractivity contribution in [3.05, 3.63) is 39.5 Å². The van der Waals surface area contributed by atoms with E-state index in [1.807, 2.05) is 19.2 Å². The smallest absolute Gasteiger partial charge is 0.335 e. The summed E-state index contributed by atoms with van der Waals surface area (Å²) in [6, 6.07) is 3.17. The summed E-state index contributed by atoms with van der Waals surface area (Å²) < 4.78 is 0. The van der Waals surface area contributed by atoms with Crippen molar-refractivity contribution >= 4 is 23.1 Å². The van der Waals surface area contributed by atoms with Crippen LogP contribution in [0.15, 0.2) is 17.5 Å². The van der Waals surface area contributed by atoms with Crippen molar-refractivity contribution in [2.24, 2.45) is 0 Å². The third kappa shape index (κ3) is 3.77. The Kier molecular flexibility index (Phi) is 4.68. The quantitative estimate of drug-likeness (QED) is 0.856. The van der Waals surface area contributed by atoms with Gasteiger partial charge in [-0.05, 0) is 25.5 Å². The molecule has 0 bridgehead atoms. The summed E-state index contributed by atoms with van der Waals surface area (Å²) in [5.41, 5.74) is 2.09. The highest BCUT2D eigenvalue weighted by Crippen LogP contribution is 2.12. The van der Waals surface area contributed by atoms with Gasteiger partial charge in [-0.3, -0.25) is 0 Å². The van der Waals surface area contributed by atoms with Crippen molar-refractivity contribution in [2.45, 2.75) is 26.7 Å². The standard InChI is InChI=1S/C14H17N3O2S/c1-3-11-6-10(14(18)19)7-13(17-11)15-5-4-12-8-20-9(2)16-12/h6-8H,3-5H2,1-2H3,(H,15,17)(H,18,19). The third-order valence-electron chi connectivity index (χ3n) is 2.84. The predicted octanol–water partition coefficient (Wildman–Crippen LogP) is 2.76. The Morgan fingerprint density at radius 3 is 2.75 bits per heavy atom. The van der Waals surface area contributed by atoms with Crippen LogP contribution in [0.25, 0.3) is 0 Å². The molecule has 0 saturated heterocycles. The summed E-state index contributed by atoms with van der Waals surface area (Å²) in [6.45, 7) is 4.62. The fourth-order valence-electron chi connectivity index (χ4n) is 1.82. The molecule has 0 aliphatic carbocycles. The molecule has 2 N–H and O–H groups in total. The van der Waals surface area contributed by atoms with Crippen LogP contribution in [0.3, 0.4) is 0 Å². The summed E-state index contributed by atoms with van der Waals surface area (Å²) in [6.07, 6.45) is 1.51. The number of hydrogen-bond donors (Lipinski definition) is 2. The van der Waals surface area contributed by atoms with Gasteiger partial charge in [0.1, 0.15) is 5.82 Å². The molecular weight excluding hydrogens is 274 g/mol. The van der Waals surface area contributed by atoms with Crippen LogP contribution in [0.4, 0.5) is 5.82 Å². The molecule has 0 fully saturated rings. The van der Waals surface area contributed by atoms with E-state index in [1.165, 1.54) is 0 Å². The minimum atomic E-state index is -0.930. The first kappa shape index (κ1) is 14.5. The monoisotopic (exact) mass is 291 g/mol. The molecule has 2 heterocycles. The minimum absolute atomic E-state index is 0.267. The lowest BCUT2D eigenvalue weighted by Gasteiger charge is -2.07. The van der Waals surface area contributed by atoms with Crippen LogP contribution in [-0.4, -0.2) is 27.6 Å². The number of carbonyl (C=O) groups is 1. The molecular formula is C14H17N3O2S. The second-order valence-corrected chi connectivity index (χ2v) is 5.49. The third-order valence-corrected chi connectivity index (χ3v) is 3.66. The number of carboxylic acids is 1. The highest BCUT2D eigenvalue weighted by Gasteiger charge is 2.07. The number of thiazole rings is 1. The minimum Gasteiger partial charge on any atom is -0.478 e. The predicted molar refractivity (Wildman–Crippen MR) is 79.6 cm³/mol. The Balaban J connectivity index is 2.01. The largest absolute Gasteiger partial charge is 0.478 e. The van der Waals surface area contributed by atoms with Gasteiger partial charge in [-0.1, -0.05) is 6.92 Å². The Hall–Kier alpha value is -1.95. The van der Waals surface area contributed by atoms with Gasteiger partial charge in [0.2, 0.25) is 0 Å². The lowest BCUT2D eigenvalue weighted by Crippen LogP contribution is -2.09. The molecule has 5 nitrogen and oxygen atoms in total. The summed E-state index contributed by atoms with van der Waals surface area (Å²) in [4.78, 5) is 19.8. The molecule has 2 aromatic heterocycles. The second kappa shape index (κ2) is 6.47. The van der Waals surface area contributed by atoms with Crippen molar-refractivity contribution in [3.8, 4) is 0 Å². The number of aromatic carboxylic acids is 1. The van der Waals surface area contributed by atoms with Crippen LogP contribution in [0.1, 0.15) is 33.7 Å². The fraction of sp³-hybridized carbons (Fsp3) is 0.357. The van der Waals surface area contributed by atoms with Crippen LogP contribution >= 0.6 is 11.3 Å². The first-order valence-corrected chi connectivity index (χ1v) is 7.35. The Morgan fingerprint density at radius 2 is 2.15 bits per heavy atom. The van der Waals surface area contributed by atoms with E-state index < -0.39 is 5.97 Å². The number of carboxylic acid groups (broad SMARTS) is 1. The SMILES string of the molecule is CCc1cc(C(=O)O)cc(NCCc2csc(C)n2)n1. The van der Waals surface area contributed by atoms with Gasteiger partial charge in [-0.2, -0.15) is 0 Å². The van der Waals surface area contributed by atoms with Crippen LogP contribution < -0.4 is 5.32 Å². The van der Waals surface area contributed by atoms with Crippen molar-refractivity contribution in [1.29, 1.82) is 0 Å². The molecule has 106 valence electrons. The molecule has 0 amide bonds. The molecule has 0 aliphatic heterocycles. The lowest BCUT2D eigenvalue weighted by atomic mass is 10.2. The molecule has 0 spiro atoms. The zero-order valence-electron chi connectivity index (χ0n) is 11.5. The van der Waals surface area contributed by atoms with E-state index in [0.29, 0.717) is 18.8 Å². The Labute approximate surface area is 121 Å². The molecule has 0 aromatic carbocycles. The van der Waals surface area contributed by atoms with Gasteiger partial charge in [0.05, 0.1) is 16.3 Å². The van der Waals surface area contributed by atoms with E-state index >= 15 is 0 Å². The number of nitrogens with zero attached hydrogens (tertiary/aromatic N) is 2. The van der Waals surface area contributed by atoms with Gasteiger partial charge < -0.3 is 10.4 Å². The van der Waals surface area contributed by atoms with E-state index in [9.17, 15) is 4.79 Å². The molecule has 2 rings (SSSR count). The van der Waals surface area contributed by atoms with Crippen molar-refractivity contribution in [3.63, 3.8) is 0 Å². The lowest BCUT2D eigenvalue weighted by molar-refractivity contribution is 0.0696. The van der Waals surface area contributed by atoms with E-state index in [1.54, 1.807) is 23.5 Å². The molecule has 0 saturated carbocycles. The van der Waals surface area contributed by atoms with Crippen LogP contribution in [0, 0.1) is 6.92 Å². The normalized spacial score (nSPS) is 10.5. The first-order chi connectivity index (χ1) is 9.58. The zero-order chi connectivity index (χ0) is 14.5. The van der Waals surface area contributed by atoms with Gasteiger partial charge in [-0.15, -0.1) is 11.3 Å². The molecule has 0 radical (unpaired) electrons. The van der Waals surface area contributed by atoms with E-state index in [-0.39, 0.29) is 5.56 Å². The van der Waals surface area contributed by atoms with E-state index in [4.69, 9.17) is 5.11 Å². The number of hydrogen-bond acceptors (Lipinski definition) is 5.